The van der Waals surface area contributed by atoms with Crippen LogP contribution in [0, 0.1) is 31.6 Å². The van der Waals surface area contributed by atoms with E-state index in [1.54, 1.807) is 0 Å². The third-order valence-electron chi connectivity index (χ3n) is 9.81. The van der Waals surface area contributed by atoms with Crippen molar-refractivity contribution in [1.82, 2.24) is 0 Å². The van der Waals surface area contributed by atoms with Crippen molar-refractivity contribution in [1.29, 1.82) is 0 Å². The molecule has 0 spiro atoms. The molecule has 0 aromatic heterocycles. The van der Waals surface area contributed by atoms with Gasteiger partial charge in [-0.05, 0) is 117 Å². The van der Waals surface area contributed by atoms with Crippen LogP contribution in [-0.2, 0) is 14.3 Å². The molecule has 0 bridgehead atoms. The number of imide groups is 1. The second-order valence-corrected chi connectivity index (χ2v) is 12.8. The lowest BCUT2D eigenvalue weighted by atomic mass is 9.68. The lowest BCUT2D eigenvalue weighted by Crippen LogP contribution is -2.34. The van der Waals surface area contributed by atoms with Crippen LogP contribution >= 0.6 is 0 Å². The maximum Gasteiger partial charge on any atom is 0.238 e. The predicted octanol–water partition coefficient (Wildman–Crippen LogP) is 8.65. The van der Waals surface area contributed by atoms with Crippen LogP contribution in [0.4, 0.5) is 17.1 Å². The van der Waals surface area contributed by atoms with Crippen molar-refractivity contribution < 1.29 is 19.4 Å². The van der Waals surface area contributed by atoms with E-state index in [0.717, 1.165) is 60.2 Å². The molecule has 3 aromatic carbocycles. The predicted molar refractivity (Wildman–Crippen MR) is 181 cm³/mol. The highest BCUT2D eigenvalue weighted by atomic mass is 16.5. The fraction of sp³-hybridized carbons (Fsp3) is 0.385. The van der Waals surface area contributed by atoms with E-state index in [-0.39, 0.29) is 35.7 Å². The molecule has 6 heteroatoms. The van der Waals surface area contributed by atoms with E-state index >= 15 is 0 Å². The molecule has 2 aliphatic heterocycles. The Labute approximate surface area is 266 Å². The van der Waals surface area contributed by atoms with Gasteiger partial charge in [-0.15, -0.1) is 0 Å². The van der Waals surface area contributed by atoms with Gasteiger partial charge in [-0.25, -0.2) is 0 Å². The molecule has 234 valence electrons. The average molecular weight is 605 g/mol. The molecule has 2 amide bonds. The first-order valence-electron chi connectivity index (χ1n) is 16.4. The van der Waals surface area contributed by atoms with E-state index in [1.165, 1.54) is 21.6 Å². The maximum absolute atomic E-state index is 14.0. The Morgan fingerprint density at radius 1 is 0.956 bits per heavy atom. The van der Waals surface area contributed by atoms with E-state index in [0.29, 0.717) is 24.5 Å². The van der Waals surface area contributed by atoms with Crippen molar-refractivity contribution in [2.24, 2.45) is 17.8 Å². The summed E-state index contributed by atoms with van der Waals surface area (Å²) in [5, 5.41) is 13.6. The molecule has 4 atom stereocenters. The number of rotatable bonds is 10. The normalized spacial score (nSPS) is 23.0. The molecule has 2 heterocycles. The van der Waals surface area contributed by atoms with E-state index < -0.39 is 0 Å². The lowest BCUT2D eigenvalue weighted by Gasteiger charge is -2.32. The van der Waals surface area contributed by atoms with Crippen molar-refractivity contribution in [2.75, 3.05) is 16.8 Å². The van der Waals surface area contributed by atoms with E-state index in [4.69, 9.17) is 4.74 Å². The van der Waals surface area contributed by atoms with Gasteiger partial charge in [-0.2, -0.15) is 0 Å². The van der Waals surface area contributed by atoms with Gasteiger partial charge in [0, 0.05) is 17.3 Å². The fourth-order valence-electron chi connectivity index (χ4n) is 7.62. The number of nitrogens with zero attached hydrogens (tertiary/aromatic N) is 1. The number of anilines is 3. The van der Waals surface area contributed by atoms with Gasteiger partial charge in [0.2, 0.25) is 11.8 Å². The Morgan fingerprint density at radius 2 is 1.64 bits per heavy atom. The Bertz CT molecular complexity index is 1620. The Balaban J connectivity index is 1.19. The number of ether oxygens (including phenoxy) is 1. The number of carbonyl (C=O) groups is 2. The highest BCUT2D eigenvalue weighted by molar-refractivity contribution is 6.22. The summed E-state index contributed by atoms with van der Waals surface area (Å²) < 4.78 is 6.47. The molecule has 3 aromatic rings. The SMILES string of the molecule is CCCC1=C2[C@@H](CC/C(=C/c3cc(C)c(O)c(C)c3)CC)OC[C@@H]2[C@@H]2C(=O)N(c3ccc(Nc4ccccc4)cc3)C(=O)[C@@H]2C1. The van der Waals surface area contributed by atoms with Crippen molar-refractivity contribution in [2.45, 2.75) is 72.3 Å². The summed E-state index contributed by atoms with van der Waals surface area (Å²) in [5.41, 5.74) is 9.33. The van der Waals surface area contributed by atoms with Gasteiger partial charge in [0.15, 0.2) is 0 Å². The highest BCUT2D eigenvalue weighted by Gasteiger charge is 2.57. The number of hydrogen-bond donors (Lipinski definition) is 2. The van der Waals surface area contributed by atoms with Crippen LogP contribution in [0.3, 0.4) is 0 Å². The summed E-state index contributed by atoms with van der Waals surface area (Å²) in [6.07, 6.45) is 7.46. The van der Waals surface area contributed by atoms with Crippen LogP contribution < -0.4 is 10.2 Å². The van der Waals surface area contributed by atoms with Crippen LogP contribution in [0.15, 0.2) is 83.4 Å². The molecule has 1 aliphatic carbocycles. The van der Waals surface area contributed by atoms with Gasteiger partial charge < -0.3 is 15.2 Å². The Hall–Kier alpha value is -4.16. The van der Waals surface area contributed by atoms with E-state index in [9.17, 15) is 14.7 Å². The number of aromatic hydroxyl groups is 1. The molecule has 2 saturated heterocycles. The molecule has 0 saturated carbocycles. The first kappa shape index (κ1) is 30.8. The van der Waals surface area contributed by atoms with Crippen molar-refractivity contribution >= 4 is 35.0 Å². The number of allylic oxidation sites excluding steroid dienone is 2. The van der Waals surface area contributed by atoms with Gasteiger partial charge >= 0.3 is 0 Å². The molecule has 2 N–H and O–H groups in total. The Kier molecular flexibility index (Phi) is 8.95. The number of fused-ring (bicyclic) bond motifs is 3. The largest absolute Gasteiger partial charge is 0.507 e. The number of phenols is 1. The topological polar surface area (TPSA) is 78.9 Å². The molecular weight excluding hydrogens is 560 g/mol. The zero-order valence-electron chi connectivity index (χ0n) is 26.8. The first-order valence-corrected chi connectivity index (χ1v) is 16.4. The highest BCUT2D eigenvalue weighted by Crippen LogP contribution is 2.51. The van der Waals surface area contributed by atoms with Crippen LogP contribution in [-0.4, -0.2) is 29.6 Å². The van der Waals surface area contributed by atoms with Crippen LogP contribution in [0.2, 0.25) is 0 Å². The minimum atomic E-state index is -0.371. The minimum Gasteiger partial charge on any atom is -0.507 e. The number of nitrogens with one attached hydrogen (secondary N) is 1. The monoisotopic (exact) mass is 604 g/mol. The quantitative estimate of drug-likeness (QED) is 0.179. The van der Waals surface area contributed by atoms with Gasteiger partial charge in [-0.1, -0.05) is 55.7 Å². The number of carbonyl (C=O) groups excluding carboxylic acids is 2. The summed E-state index contributed by atoms with van der Waals surface area (Å²) in [4.78, 5) is 29.3. The first-order chi connectivity index (χ1) is 21.8. The zero-order valence-corrected chi connectivity index (χ0v) is 26.8. The second kappa shape index (κ2) is 13.1. The number of benzene rings is 3. The summed E-state index contributed by atoms with van der Waals surface area (Å²) in [6.45, 7) is 8.72. The van der Waals surface area contributed by atoms with E-state index in [2.05, 4.69) is 25.2 Å². The molecule has 6 rings (SSSR count). The minimum absolute atomic E-state index is 0.0314. The smallest absolute Gasteiger partial charge is 0.238 e. The number of hydrogen-bond acceptors (Lipinski definition) is 5. The fourth-order valence-corrected chi connectivity index (χ4v) is 7.62. The van der Waals surface area contributed by atoms with Crippen LogP contribution in [0.5, 0.6) is 5.75 Å². The third-order valence-corrected chi connectivity index (χ3v) is 9.81. The van der Waals surface area contributed by atoms with Crippen molar-refractivity contribution in [3.63, 3.8) is 0 Å². The molecule has 0 radical (unpaired) electrons. The molecule has 45 heavy (non-hydrogen) atoms. The molecule has 3 aliphatic rings. The molecular formula is C39H44N2O4. The van der Waals surface area contributed by atoms with Crippen molar-refractivity contribution in [3.8, 4) is 5.75 Å². The number of aryl methyl sites for hydroxylation is 2. The second-order valence-electron chi connectivity index (χ2n) is 12.8. The van der Waals surface area contributed by atoms with Gasteiger partial charge in [0.1, 0.15) is 5.75 Å². The van der Waals surface area contributed by atoms with Crippen molar-refractivity contribution in [3.05, 3.63) is 100 Å². The number of amides is 2. The number of para-hydroxylation sites is 1. The average Bonchev–Trinajstić information content (AvgIpc) is 3.57. The zero-order chi connectivity index (χ0) is 31.7. The van der Waals surface area contributed by atoms with Crippen LogP contribution in [0.25, 0.3) is 6.08 Å². The lowest BCUT2D eigenvalue weighted by molar-refractivity contribution is -0.122. The number of phenolic OH excluding ortho intramolecular Hbond substituents is 1. The molecule has 6 nitrogen and oxygen atoms in total. The maximum atomic E-state index is 14.0. The Morgan fingerprint density at radius 3 is 2.31 bits per heavy atom. The summed E-state index contributed by atoms with van der Waals surface area (Å²) in [6, 6.07) is 21.6. The standard InChI is InChI=1S/C39H44N2O4/c1-5-10-28-22-32-36(39(44)41(38(32)43)31-16-14-30(15-17-31)40-29-11-8-7-9-12-29)33-23-45-34(35(28)33)18-13-26(6-2)21-27-19-24(3)37(42)25(4)20-27/h7-9,11-12,14-17,19-21,32-34,36,40,42H,5-6,10,13,18,22-23H2,1-4H3/b26-21+/t32-,33+,34-,36-/m1/s1. The summed E-state index contributed by atoms with van der Waals surface area (Å²) in [7, 11) is 0. The van der Waals surface area contributed by atoms with Gasteiger partial charge in [-0.3, -0.25) is 14.5 Å². The van der Waals surface area contributed by atoms with Gasteiger partial charge in [0.25, 0.3) is 0 Å². The molecule has 2 fully saturated rings. The van der Waals surface area contributed by atoms with E-state index in [1.807, 2.05) is 80.6 Å². The summed E-state index contributed by atoms with van der Waals surface area (Å²) >= 11 is 0. The third kappa shape index (κ3) is 6.08. The molecule has 0 unspecified atom stereocenters. The summed E-state index contributed by atoms with van der Waals surface area (Å²) in [5.74, 6) is -0.568. The van der Waals surface area contributed by atoms with Gasteiger partial charge in [0.05, 0.1) is 30.2 Å². The van der Waals surface area contributed by atoms with Crippen LogP contribution in [0.1, 0.15) is 69.1 Å².